The summed E-state index contributed by atoms with van der Waals surface area (Å²) in [6, 6.07) is 7.80. The zero-order valence-electron chi connectivity index (χ0n) is 18.9. The van der Waals surface area contributed by atoms with Gasteiger partial charge in [-0.1, -0.05) is 11.6 Å². The van der Waals surface area contributed by atoms with Gasteiger partial charge in [0.1, 0.15) is 17.3 Å². The van der Waals surface area contributed by atoms with Crippen molar-refractivity contribution < 1.29 is 14.3 Å². The molecule has 1 fully saturated rings. The Morgan fingerprint density at radius 1 is 1.23 bits per heavy atom. The van der Waals surface area contributed by atoms with Gasteiger partial charge in [0.2, 0.25) is 0 Å². The summed E-state index contributed by atoms with van der Waals surface area (Å²) in [5.41, 5.74) is 7.46. The van der Waals surface area contributed by atoms with E-state index in [1.165, 1.54) is 0 Å². The van der Waals surface area contributed by atoms with Crippen LogP contribution in [0.4, 0.5) is 10.6 Å². The summed E-state index contributed by atoms with van der Waals surface area (Å²) >= 11 is 0. The molecule has 8 nitrogen and oxygen atoms in total. The lowest BCUT2D eigenvalue weighted by atomic mass is 10.0. The van der Waals surface area contributed by atoms with Gasteiger partial charge in [0.05, 0.1) is 11.1 Å². The number of hydrogen-bond acceptors (Lipinski definition) is 5. The second-order valence-electron chi connectivity index (χ2n) is 9.02. The van der Waals surface area contributed by atoms with Crippen molar-refractivity contribution in [1.82, 2.24) is 10.3 Å². The number of anilines is 1. The molecule has 2 aromatic rings. The summed E-state index contributed by atoms with van der Waals surface area (Å²) in [6.45, 7) is 10.4. The van der Waals surface area contributed by atoms with Crippen LogP contribution in [-0.4, -0.2) is 47.6 Å². The first kappa shape index (κ1) is 22.5. The van der Waals surface area contributed by atoms with E-state index in [1.807, 2.05) is 52.0 Å². The number of amidine groups is 1. The number of aliphatic imine (C=N–C) groups is 1. The molecule has 1 aliphatic rings. The number of fused-ring (bicyclic) bond motifs is 1. The molecule has 3 N–H and O–H groups in total. The van der Waals surface area contributed by atoms with Gasteiger partial charge in [0.15, 0.2) is 0 Å². The van der Waals surface area contributed by atoms with Crippen molar-refractivity contribution >= 4 is 34.6 Å². The molecule has 0 aliphatic carbocycles. The number of carbonyl (C=O) groups excluding carboxylic acids is 2. The fourth-order valence-electron chi connectivity index (χ4n) is 3.61. The fraction of sp³-hybridized carbons (Fsp3) is 0.478. The summed E-state index contributed by atoms with van der Waals surface area (Å²) in [7, 11) is 0. The zero-order valence-corrected chi connectivity index (χ0v) is 18.9. The monoisotopic (exact) mass is 425 g/mol. The van der Waals surface area contributed by atoms with Gasteiger partial charge in [-0.05, 0) is 65.7 Å². The lowest BCUT2D eigenvalue weighted by Gasteiger charge is -2.34. The standard InChI is InChI=1S/C23H31N5O3/c1-14-6-7-19-16(12-14)13-18(21(29)25-15(2)24)20(27-19)28-10-8-17(9-11-28)26-22(30)31-23(3,4)5/h6-7,12-13,17H,8-11H2,1-5H3,(H,26,30)(H2,24,25,29). The molecule has 0 atom stereocenters. The number of nitrogens with zero attached hydrogens (tertiary/aromatic N) is 3. The first-order valence-electron chi connectivity index (χ1n) is 10.5. The number of pyridine rings is 1. The third kappa shape index (κ3) is 5.93. The Labute approximate surface area is 182 Å². The maximum absolute atomic E-state index is 12.8. The highest BCUT2D eigenvalue weighted by Gasteiger charge is 2.27. The van der Waals surface area contributed by atoms with E-state index in [9.17, 15) is 9.59 Å². The van der Waals surface area contributed by atoms with Gasteiger partial charge in [0, 0.05) is 24.5 Å². The second-order valence-corrected chi connectivity index (χ2v) is 9.02. The average molecular weight is 426 g/mol. The van der Waals surface area contributed by atoms with E-state index in [1.54, 1.807) is 6.92 Å². The molecular formula is C23H31N5O3. The highest BCUT2D eigenvalue weighted by Crippen LogP contribution is 2.28. The summed E-state index contributed by atoms with van der Waals surface area (Å²) in [5.74, 6) is 0.405. The van der Waals surface area contributed by atoms with Gasteiger partial charge in [-0.2, -0.15) is 4.99 Å². The maximum atomic E-state index is 12.8. The van der Waals surface area contributed by atoms with Crippen molar-refractivity contribution in [3.05, 3.63) is 35.4 Å². The number of alkyl carbamates (subject to hydrolysis) is 1. The summed E-state index contributed by atoms with van der Waals surface area (Å²) in [4.78, 5) is 35.6. The molecule has 3 rings (SSSR count). The van der Waals surface area contributed by atoms with Crippen LogP contribution in [0, 0.1) is 6.92 Å². The number of nitrogens with two attached hydrogens (primary N) is 1. The molecule has 0 radical (unpaired) electrons. The summed E-state index contributed by atoms with van der Waals surface area (Å²) in [5, 5.41) is 3.82. The minimum atomic E-state index is -0.533. The van der Waals surface area contributed by atoms with E-state index in [4.69, 9.17) is 15.5 Å². The molecule has 1 aromatic heterocycles. The number of rotatable bonds is 3. The first-order valence-corrected chi connectivity index (χ1v) is 10.5. The number of aromatic nitrogens is 1. The summed E-state index contributed by atoms with van der Waals surface area (Å²) in [6.07, 6.45) is 1.04. The van der Waals surface area contributed by atoms with Crippen LogP contribution >= 0.6 is 0 Å². The predicted molar refractivity (Wildman–Crippen MR) is 123 cm³/mol. The Bertz CT molecular complexity index is 1010. The van der Waals surface area contributed by atoms with E-state index < -0.39 is 17.6 Å². The molecule has 31 heavy (non-hydrogen) atoms. The molecule has 1 saturated heterocycles. The van der Waals surface area contributed by atoms with Crippen molar-refractivity contribution in [3.8, 4) is 0 Å². The van der Waals surface area contributed by atoms with Crippen molar-refractivity contribution in [1.29, 1.82) is 0 Å². The third-order valence-electron chi connectivity index (χ3n) is 4.97. The molecule has 2 amide bonds. The predicted octanol–water partition coefficient (Wildman–Crippen LogP) is 3.55. The van der Waals surface area contributed by atoms with Gasteiger partial charge in [-0.25, -0.2) is 9.78 Å². The third-order valence-corrected chi connectivity index (χ3v) is 4.97. The Hall–Kier alpha value is -3.16. The van der Waals surface area contributed by atoms with Crippen molar-refractivity contribution in [3.63, 3.8) is 0 Å². The molecule has 1 aliphatic heterocycles. The van der Waals surface area contributed by atoms with E-state index >= 15 is 0 Å². The highest BCUT2D eigenvalue weighted by molar-refractivity contribution is 6.07. The molecular weight excluding hydrogens is 394 g/mol. The Balaban J connectivity index is 1.82. The smallest absolute Gasteiger partial charge is 0.407 e. The van der Waals surface area contributed by atoms with Crippen LogP contribution in [0.5, 0.6) is 0 Å². The van der Waals surface area contributed by atoms with Gasteiger partial charge < -0.3 is 20.7 Å². The topological polar surface area (TPSA) is 110 Å². The molecule has 0 saturated carbocycles. The second kappa shape index (κ2) is 8.91. The van der Waals surface area contributed by atoms with Crippen LogP contribution in [0.1, 0.15) is 56.5 Å². The number of benzene rings is 1. The minimum Gasteiger partial charge on any atom is -0.444 e. The van der Waals surface area contributed by atoms with Gasteiger partial charge in [-0.3, -0.25) is 4.79 Å². The lowest BCUT2D eigenvalue weighted by Crippen LogP contribution is -2.46. The van der Waals surface area contributed by atoms with Crippen LogP contribution in [0.2, 0.25) is 0 Å². The molecule has 2 heterocycles. The molecule has 0 bridgehead atoms. The Kier molecular flexibility index (Phi) is 6.48. The van der Waals surface area contributed by atoms with Gasteiger partial charge >= 0.3 is 6.09 Å². The number of hydrogen-bond donors (Lipinski definition) is 2. The zero-order chi connectivity index (χ0) is 22.8. The molecule has 1 aromatic carbocycles. The van der Waals surface area contributed by atoms with Crippen LogP contribution in [0.3, 0.4) is 0 Å². The van der Waals surface area contributed by atoms with Crippen LogP contribution in [-0.2, 0) is 4.74 Å². The quantitative estimate of drug-likeness (QED) is 0.575. The number of carbonyl (C=O) groups is 2. The summed E-state index contributed by atoms with van der Waals surface area (Å²) < 4.78 is 5.35. The molecule has 166 valence electrons. The van der Waals surface area contributed by atoms with Crippen LogP contribution in [0.25, 0.3) is 10.9 Å². The van der Waals surface area contributed by atoms with Crippen LogP contribution < -0.4 is 16.0 Å². The van der Waals surface area contributed by atoms with Crippen LogP contribution in [0.15, 0.2) is 29.3 Å². The van der Waals surface area contributed by atoms with E-state index in [0.29, 0.717) is 24.5 Å². The van der Waals surface area contributed by atoms with E-state index in [-0.39, 0.29) is 11.9 Å². The number of piperidine rings is 1. The minimum absolute atomic E-state index is 0.0117. The fourth-order valence-corrected chi connectivity index (χ4v) is 3.61. The number of amides is 2. The Morgan fingerprint density at radius 2 is 1.90 bits per heavy atom. The SMILES string of the molecule is CC(N)=NC(=O)c1cc2cc(C)ccc2nc1N1CCC(NC(=O)OC(C)(C)C)CC1. The average Bonchev–Trinajstić information content (AvgIpc) is 2.65. The normalized spacial score (nSPS) is 15.8. The first-order chi connectivity index (χ1) is 14.5. The van der Waals surface area contributed by atoms with Crippen molar-refractivity contribution in [2.45, 2.75) is 59.1 Å². The van der Waals surface area contributed by atoms with E-state index in [2.05, 4.69) is 15.2 Å². The highest BCUT2D eigenvalue weighted by atomic mass is 16.6. The maximum Gasteiger partial charge on any atom is 0.407 e. The largest absolute Gasteiger partial charge is 0.444 e. The van der Waals surface area contributed by atoms with E-state index in [0.717, 1.165) is 29.3 Å². The lowest BCUT2D eigenvalue weighted by molar-refractivity contribution is 0.0497. The number of aryl methyl sites for hydroxylation is 1. The van der Waals surface area contributed by atoms with Crippen molar-refractivity contribution in [2.75, 3.05) is 18.0 Å². The number of ether oxygens (including phenoxy) is 1. The van der Waals surface area contributed by atoms with Gasteiger partial charge in [-0.15, -0.1) is 0 Å². The number of nitrogens with one attached hydrogen (secondary N) is 1. The van der Waals surface area contributed by atoms with Gasteiger partial charge in [0.25, 0.3) is 5.91 Å². The van der Waals surface area contributed by atoms with Crippen molar-refractivity contribution in [2.24, 2.45) is 10.7 Å². The molecule has 8 heteroatoms. The molecule has 0 unspecified atom stereocenters. The molecule has 0 spiro atoms. The Morgan fingerprint density at radius 3 is 2.52 bits per heavy atom.